The van der Waals surface area contributed by atoms with Crippen LogP contribution in [0.4, 0.5) is 17.6 Å². The molecule has 92 valence electrons. The van der Waals surface area contributed by atoms with Crippen LogP contribution < -0.4 is 0 Å². The minimum atomic E-state index is -2.62. The second-order valence-corrected chi connectivity index (χ2v) is 4.19. The summed E-state index contributed by atoms with van der Waals surface area (Å²) in [7, 11) is 0. The molecule has 0 aromatic heterocycles. The molecule has 0 spiro atoms. The fourth-order valence-corrected chi connectivity index (χ4v) is 1.35. The molecule has 0 aliphatic carbocycles. The molecule has 0 aromatic rings. The Morgan fingerprint density at radius 2 is 1.27 bits per heavy atom. The molecule has 0 nitrogen and oxygen atoms in total. The topological polar surface area (TPSA) is 0 Å². The van der Waals surface area contributed by atoms with Crippen molar-refractivity contribution in [1.82, 2.24) is 0 Å². The highest BCUT2D eigenvalue weighted by molar-refractivity contribution is 4.64. The molecule has 0 saturated heterocycles. The smallest absolute Gasteiger partial charge is 0.207 e. The summed E-state index contributed by atoms with van der Waals surface area (Å²) < 4.78 is 50.2. The predicted octanol–water partition coefficient (Wildman–Crippen LogP) is 5.03. The van der Waals surface area contributed by atoms with E-state index in [1.807, 2.05) is 0 Å². The lowest BCUT2D eigenvalue weighted by atomic mass is 10.0. The number of alkyl halides is 4. The zero-order valence-corrected chi connectivity index (χ0v) is 9.46. The van der Waals surface area contributed by atoms with Gasteiger partial charge < -0.3 is 0 Å². The third-order valence-electron chi connectivity index (χ3n) is 2.43. The molecule has 0 aromatic carbocycles. The molecular formula is C11H20F4. The van der Waals surface area contributed by atoms with Crippen LogP contribution in [0, 0.1) is 0 Å². The minimum absolute atomic E-state index is 0.119. The normalized spacial score (nSPS) is 13.2. The van der Waals surface area contributed by atoms with Gasteiger partial charge in [0.2, 0.25) is 11.8 Å². The second-order valence-electron chi connectivity index (χ2n) is 4.19. The third kappa shape index (κ3) is 10.0. The van der Waals surface area contributed by atoms with Crippen LogP contribution in [0.5, 0.6) is 0 Å². The maximum atomic E-state index is 12.7. The van der Waals surface area contributed by atoms with E-state index >= 15 is 0 Å². The van der Waals surface area contributed by atoms with Crippen LogP contribution in [0.2, 0.25) is 0 Å². The molecule has 0 saturated carbocycles. The van der Waals surface area contributed by atoms with Gasteiger partial charge in [-0.1, -0.05) is 19.8 Å². The van der Waals surface area contributed by atoms with Crippen LogP contribution >= 0.6 is 0 Å². The zero-order valence-electron chi connectivity index (χ0n) is 9.46. The van der Waals surface area contributed by atoms with Crippen LogP contribution in [0.3, 0.4) is 0 Å². The van der Waals surface area contributed by atoms with Crippen molar-refractivity contribution in [3.05, 3.63) is 0 Å². The van der Waals surface area contributed by atoms with Gasteiger partial charge in [-0.15, -0.1) is 0 Å². The molecule has 0 aliphatic heterocycles. The van der Waals surface area contributed by atoms with E-state index in [4.69, 9.17) is 0 Å². The average molecular weight is 228 g/mol. The number of halogens is 4. The Morgan fingerprint density at radius 1 is 0.800 bits per heavy atom. The second kappa shape index (κ2) is 6.33. The standard InChI is InChI=1S/C11H20F4/c1-3-11(14,15)9-7-5-4-6-8-10(2,12)13/h3-9H2,1-2H3. The third-order valence-corrected chi connectivity index (χ3v) is 2.43. The van der Waals surface area contributed by atoms with E-state index in [0.717, 1.165) is 6.92 Å². The SMILES string of the molecule is CCC(F)(F)CCCCCCC(C)(F)F. The highest BCUT2D eigenvalue weighted by Crippen LogP contribution is 2.26. The Kier molecular flexibility index (Phi) is 6.22. The Bertz CT molecular complexity index is 160. The summed E-state index contributed by atoms with van der Waals surface area (Å²) in [6.07, 6.45) is 1.68. The van der Waals surface area contributed by atoms with E-state index in [0.29, 0.717) is 25.7 Å². The van der Waals surface area contributed by atoms with Crippen molar-refractivity contribution >= 4 is 0 Å². The number of rotatable bonds is 8. The lowest BCUT2D eigenvalue weighted by Gasteiger charge is -2.13. The maximum absolute atomic E-state index is 12.7. The molecule has 0 rings (SSSR count). The molecule has 0 atom stereocenters. The van der Waals surface area contributed by atoms with Crippen LogP contribution in [-0.2, 0) is 0 Å². The lowest BCUT2D eigenvalue weighted by Crippen LogP contribution is -2.13. The van der Waals surface area contributed by atoms with Crippen molar-refractivity contribution < 1.29 is 17.6 Å². The fraction of sp³-hybridized carbons (Fsp3) is 1.00. The van der Waals surface area contributed by atoms with Crippen LogP contribution in [-0.4, -0.2) is 11.8 Å². The van der Waals surface area contributed by atoms with Gasteiger partial charge in [0, 0.05) is 19.3 Å². The summed E-state index contributed by atoms with van der Waals surface area (Å²) in [6, 6.07) is 0. The first kappa shape index (κ1) is 14.7. The van der Waals surface area contributed by atoms with Crippen LogP contribution in [0.15, 0.2) is 0 Å². The molecule has 0 fully saturated rings. The molecule has 0 bridgehead atoms. The molecule has 0 unspecified atom stereocenters. The first-order chi connectivity index (χ1) is 6.77. The average Bonchev–Trinajstić information content (AvgIpc) is 2.09. The number of hydrogen-bond donors (Lipinski definition) is 0. The molecule has 15 heavy (non-hydrogen) atoms. The van der Waals surface area contributed by atoms with Crippen molar-refractivity contribution in [2.75, 3.05) is 0 Å². The Labute approximate surface area is 89.1 Å². The summed E-state index contributed by atoms with van der Waals surface area (Å²) in [6.45, 7) is 2.34. The lowest BCUT2D eigenvalue weighted by molar-refractivity contribution is -0.0143. The van der Waals surface area contributed by atoms with Gasteiger partial charge in [-0.2, -0.15) is 0 Å². The van der Waals surface area contributed by atoms with Gasteiger partial charge in [-0.05, 0) is 19.8 Å². The van der Waals surface area contributed by atoms with E-state index in [9.17, 15) is 17.6 Å². The Hall–Kier alpha value is -0.280. The molecule has 0 aliphatic rings. The van der Waals surface area contributed by atoms with E-state index in [1.165, 1.54) is 6.92 Å². The van der Waals surface area contributed by atoms with Gasteiger partial charge in [0.1, 0.15) is 0 Å². The van der Waals surface area contributed by atoms with E-state index in [2.05, 4.69) is 0 Å². The van der Waals surface area contributed by atoms with Gasteiger partial charge in [-0.25, -0.2) is 17.6 Å². The first-order valence-corrected chi connectivity index (χ1v) is 5.52. The van der Waals surface area contributed by atoms with Crippen molar-refractivity contribution in [3.63, 3.8) is 0 Å². The van der Waals surface area contributed by atoms with Gasteiger partial charge in [0.05, 0.1) is 0 Å². The highest BCUT2D eigenvalue weighted by Gasteiger charge is 2.25. The fourth-order valence-electron chi connectivity index (χ4n) is 1.35. The van der Waals surface area contributed by atoms with Crippen LogP contribution in [0.1, 0.15) is 58.8 Å². The molecule has 0 amide bonds. The first-order valence-electron chi connectivity index (χ1n) is 5.52. The number of hydrogen-bond acceptors (Lipinski definition) is 0. The van der Waals surface area contributed by atoms with Gasteiger partial charge >= 0.3 is 0 Å². The van der Waals surface area contributed by atoms with E-state index in [-0.39, 0.29) is 19.3 Å². The molecule has 0 N–H and O–H groups in total. The monoisotopic (exact) mass is 228 g/mol. The molecule has 0 heterocycles. The zero-order chi connectivity index (χ0) is 11.9. The minimum Gasteiger partial charge on any atom is -0.207 e. The molecular weight excluding hydrogens is 208 g/mol. The molecule has 4 heteroatoms. The predicted molar refractivity (Wildman–Crippen MR) is 53.6 cm³/mol. The summed E-state index contributed by atoms with van der Waals surface area (Å²) >= 11 is 0. The summed E-state index contributed by atoms with van der Waals surface area (Å²) in [5.41, 5.74) is 0. The Morgan fingerprint density at radius 3 is 1.67 bits per heavy atom. The summed E-state index contributed by atoms with van der Waals surface area (Å²) in [5.74, 6) is -5.19. The maximum Gasteiger partial charge on any atom is 0.247 e. The summed E-state index contributed by atoms with van der Waals surface area (Å²) in [4.78, 5) is 0. The van der Waals surface area contributed by atoms with Gasteiger partial charge in [0.25, 0.3) is 0 Å². The van der Waals surface area contributed by atoms with Crippen molar-refractivity contribution in [1.29, 1.82) is 0 Å². The van der Waals surface area contributed by atoms with Crippen LogP contribution in [0.25, 0.3) is 0 Å². The van der Waals surface area contributed by atoms with E-state index in [1.54, 1.807) is 0 Å². The largest absolute Gasteiger partial charge is 0.247 e. The van der Waals surface area contributed by atoms with Crippen molar-refractivity contribution in [2.45, 2.75) is 70.6 Å². The van der Waals surface area contributed by atoms with Crippen molar-refractivity contribution in [3.8, 4) is 0 Å². The van der Waals surface area contributed by atoms with Gasteiger partial charge in [-0.3, -0.25) is 0 Å². The number of unbranched alkanes of at least 4 members (excludes halogenated alkanes) is 3. The highest BCUT2D eigenvalue weighted by atomic mass is 19.3. The quantitative estimate of drug-likeness (QED) is 0.404. The van der Waals surface area contributed by atoms with Gasteiger partial charge in [0.15, 0.2) is 0 Å². The summed E-state index contributed by atoms with van der Waals surface area (Å²) in [5, 5.41) is 0. The molecule has 0 radical (unpaired) electrons. The Balaban J connectivity index is 3.33. The van der Waals surface area contributed by atoms with E-state index < -0.39 is 11.8 Å². The van der Waals surface area contributed by atoms with Crippen molar-refractivity contribution in [2.24, 2.45) is 0 Å².